The van der Waals surface area contributed by atoms with Gasteiger partial charge in [0.25, 0.3) is 0 Å². The van der Waals surface area contributed by atoms with E-state index in [9.17, 15) is 5.11 Å². The van der Waals surface area contributed by atoms with Crippen LogP contribution in [0.25, 0.3) is 56.1 Å². The third kappa shape index (κ3) is 5.32. The average Bonchev–Trinajstić information content (AvgIpc) is 3.33. The zero-order chi connectivity index (χ0) is 30.5. The lowest BCUT2D eigenvalue weighted by Crippen LogP contribution is -2.19. The molecule has 3 aromatic carbocycles. The Kier molecular flexibility index (Phi) is 6.92. The third-order valence-electron chi connectivity index (χ3n) is 8.00. The van der Waals surface area contributed by atoms with Crippen molar-refractivity contribution in [3.63, 3.8) is 0 Å². The van der Waals surface area contributed by atoms with Gasteiger partial charge >= 0.3 is 0 Å². The summed E-state index contributed by atoms with van der Waals surface area (Å²) in [6.07, 6.45) is 1.83. The van der Waals surface area contributed by atoms with E-state index in [1.165, 1.54) is 0 Å². The molecule has 43 heavy (non-hydrogen) atoms. The molecule has 0 fully saturated rings. The van der Waals surface area contributed by atoms with E-state index in [0.29, 0.717) is 11.5 Å². The Balaban J connectivity index is 1.60. The predicted octanol–water partition coefficient (Wildman–Crippen LogP) is 9.33. The van der Waals surface area contributed by atoms with Crippen molar-refractivity contribution in [3.8, 4) is 50.8 Å². The van der Waals surface area contributed by atoms with E-state index in [4.69, 9.17) is 9.97 Å². The van der Waals surface area contributed by atoms with Crippen LogP contribution in [0.15, 0.2) is 97.2 Å². The fourth-order valence-electron chi connectivity index (χ4n) is 5.57. The summed E-state index contributed by atoms with van der Waals surface area (Å²) in [5.41, 5.74) is 9.92. The number of imidazole rings is 1. The number of benzene rings is 3. The first-order valence-corrected chi connectivity index (χ1v) is 14.7. The minimum Gasteiger partial charge on any atom is -0.505 e. The topological polar surface area (TPSA) is 63.8 Å². The molecule has 3 heterocycles. The summed E-state index contributed by atoms with van der Waals surface area (Å²) in [6.45, 7) is 12.8. The molecule has 0 atom stereocenters. The van der Waals surface area contributed by atoms with Gasteiger partial charge < -0.3 is 9.67 Å². The standard InChI is InChI=1S/C38H38N4O/c1-37(2,3)29-23-32(38(4,5)6)40-34(35(29)43)36-41-33-28(16-13-18-31(33)42(36)7)26-20-25(24-14-9-8-10-15-24)21-27(22-26)30-17-11-12-19-39-30/h8-23,43H,1-7H3. The molecule has 6 rings (SSSR count). The van der Waals surface area contributed by atoms with Crippen LogP contribution in [-0.4, -0.2) is 24.6 Å². The van der Waals surface area contributed by atoms with Crippen LogP contribution < -0.4 is 0 Å². The third-order valence-corrected chi connectivity index (χ3v) is 8.00. The molecular formula is C38H38N4O. The highest BCUT2D eigenvalue weighted by molar-refractivity contribution is 5.96. The monoisotopic (exact) mass is 566 g/mol. The predicted molar refractivity (Wildman–Crippen MR) is 177 cm³/mol. The number of fused-ring (bicyclic) bond motifs is 1. The first-order chi connectivity index (χ1) is 20.4. The summed E-state index contributed by atoms with van der Waals surface area (Å²) >= 11 is 0. The maximum Gasteiger partial charge on any atom is 0.163 e. The van der Waals surface area contributed by atoms with Crippen LogP contribution in [-0.2, 0) is 17.9 Å². The molecule has 0 bridgehead atoms. The smallest absolute Gasteiger partial charge is 0.163 e. The molecule has 0 saturated heterocycles. The highest BCUT2D eigenvalue weighted by Gasteiger charge is 2.29. The summed E-state index contributed by atoms with van der Waals surface area (Å²) in [5.74, 6) is 0.824. The molecule has 0 aliphatic heterocycles. The van der Waals surface area contributed by atoms with Crippen LogP contribution in [0.3, 0.4) is 0 Å². The first-order valence-electron chi connectivity index (χ1n) is 14.7. The largest absolute Gasteiger partial charge is 0.505 e. The van der Waals surface area contributed by atoms with Crippen molar-refractivity contribution in [1.82, 2.24) is 19.5 Å². The normalized spacial score (nSPS) is 12.2. The van der Waals surface area contributed by atoms with E-state index in [0.717, 1.165) is 55.8 Å². The number of hydrogen-bond donors (Lipinski definition) is 1. The van der Waals surface area contributed by atoms with Gasteiger partial charge in [0.15, 0.2) is 5.82 Å². The zero-order valence-corrected chi connectivity index (χ0v) is 26.0. The van der Waals surface area contributed by atoms with E-state index in [1.54, 1.807) is 0 Å². The van der Waals surface area contributed by atoms with Crippen LogP contribution in [0.4, 0.5) is 0 Å². The molecule has 5 nitrogen and oxygen atoms in total. The second kappa shape index (κ2) is 10.5. The first kappa shape index (κ1) is 28.4. The van der Waals surface area contributed by atoms with Crippen molar-refractivity contribution >= 4 is 11.0 Å². The van der Waals surface area contributed by atoms with Gasteiger partial charge in [0, 0.05) is 41.0 Å². The van der Waals surface area contributed by atoms with Crippen LogP contribution in [0.1, 0.15) is 52.8 Å². The van der Waals surface area contributed by atoms with Crippen molar-refractivity contribution in [2.45, 2.75) is 52.4 Å². The van der Waals surface area contributed by atoms with E-state index in [2.05, 4.69) is 107 Å². The molecule has 1 N–H and O–H groups in total. The SMILES string of the molecule is Cn1c(-c2nc(C(C)(C)C)cc(C(C)(C)C)c2O)nc2c(-c3cc(-c4ccccc4)cc(-c4ccccn4)c3)cccc21. The van der Waals surface area contributed by atoms with Crippen molar-refractivity contribution < 1.29 is 5.11 Å². The number of rotatable bonds is 4. The molecule has 216 valence electrons. The van der Waals surface area contributed by atoms with Gasteiger partial charge in [0.05, 0.1) is 16.7 Å². The van der Waals surface area contributed by atoms with Gasteiger partial charge in [0.1, 0.15) is 11.4 Å². The Bertz CT molecular complexity index is 1890. The minimum atomic E-state index is -0.267. The Hall–Kier alpha value is -4.77. The van der Waals surface area contributed by atoms with Crippen molar-refractivity contribution in [1.29, 1.82) is 0 Å². The number of pyridine rings is 2. The summed E-state index contributed by atoms with van der Waals surface area (Å²) in [7, 11) is 2.00. The fourth-order valence-corrected chi connectivity index (χ4v) is 5.57. The number of aromatic hydroxyl groups is 1. The molecule has 0 unspecified atom stereocenters. The molecule has 0 amide bonds. The molecular weight excluding hydrogens is 528 g/mol. The highest BCUT2D eigenvalue weighted by Crippen LogP contribution is 2.42. The van der Waals surface area contributed by atoms with E-state index < -0.39 is 0 Å². The Morgan fingerprint density at radius 1 is 0.651 bits per heavy atom. The average molecular weight is 567 g/mol. The van der Waals surface area contributed by atoms with Crippen molar-refractivity contribution in [2.75, 3.05) is 0 Å². The van der Waals surface area contributed by atoms with Gasteiger partial charge in [-0.05, 0) is 64.6 Å². The van der Waals surface area contributed by atoms with Crippen LogP contribution in [0.2, 0.25) is 0 Å². The lowest BCUT2D eigenvalue weighted by Gasteiger charge is -2.26. The maximum atomic E-state index is 11.6. The quantitative estimate of drug-likeness (QED) is 0.231. The Labute approximate surface area is 253 Å². The van der Waals surface area contributed by atoms with Gasteiger partial charge in [-0.2, -0.15) is 0 Å². The molecule has 0 aliphatic rings. The van der Waals surface area contributed by atoms with Crippen LogP contribution >= 0.6 is 0 Å². The minimum absolute atomic E-state index is 0.184. The number of aryl methyl sites for hydroxylation is 1. The molecule has 5 heteroatoms. The summed E-state index contributed by atoms with van der Waals surface area (Å²) in [4.78, 5) is 14.9. The van der Waals surface area contributed by atoms with Gasteiger partial charge in [-0.1, -0.05) is 90.1 Å². The number of nitrogens with zero attached hydrogens (tertiary/aromatic N) is 4. The van der Waals surface area contributed by atoms with E-state index in [1.807, 2.05) is 48.1 Å². The number of para-hydroxylation sites is 1. The Morgan fingerprint density at radius 3 is 2.02 bits per heavy atom. The lowest BCUT2D eigenvalue weighted by atomic mass is 9.82. The summed E-state index contributed by atoms with van der Waals surface area (Å²) in [6, 6.07) is 31.3. The van der Waals surface area contributed by atoms with Gasteiger partial charge in [0.2, 0.25) is 0 Å². The van der Waals surface area contributed by atoms with Gasteiger partial charge in [-0.15, -0.1) is 0 Å². The second-order valence-electron chi connectivity index (χ2n) is 13.3. The number of aromatic nitrogens is 4. The fraction of sp³-hybridized carbons (Fsp3) is 0.237. The van der Waals surface area contributed by atoms with Gasteiger partial charge in [-0.3, -0.25) is 4.98 Å². The van der Waals surface area contributed by atoms with Crippen molar-refractivity contribution in [3.05, 3.63) is 108 Å². The van der Waals surface area contributed by atoms with Gasteiger partial charge in [-0.25, -0.2) is 9.97 Å². The summed E-state index contributed by atoms with van der Waals surface area (Å²) < 4.78 is 2.04. The summed E-state index contributed by atoms with van der Waals surface area (Å²) in [5, 5.41) is 11.6. The molecule has 0 aliphatic carbocycles. The zero-order valence-electron chi connectivity index (χ0n) is 26.0. The van der Waals surface area contributed by atoms with Crippen LogP contribution in [0, 0.1) is 0 Å². The maximum absolute atomic E-state index is 11.6. The van der Waals surface area contributed by atoms with E-state index >= 15 is 0 Å². The molecule has 0 saturated carbocycles. The molecule has 6 aromatic rings. The van der Waals surface area contributed by atoms with Crippen molar-refractivity contribution in [2.24, 2.45) is 7.05 Å². The molecule has 0 spiro atoms. The highest BCUT2D eigenvalue weighted by atomic mass is 16.3. The second-order valence-corrected chi connectivity index (χ2v) is 13.3. The molecule has 0 radical (unpaired) electrons. The molecule has 3 aromatic heterocycles. The lowest BCUT2D eigenvalue weighted by molar-refractivity contribution is 0.441. The van der Waals surface area contributed by atoms with E-state index in [-0.39, 0.29) is 16.6 Å². The Morgan fingerprint density at radius 2 is 1.35 bits per heavy atom. The number of hydrogen-bond acceptors (Lipinski definition) is 4. The van der Waals surface area contributed by atoms with Crippen LogP contribution in [0.5, 0.6) is 5.75 Å².